The summed E-state index contributed by atoms with van der Waals surface area (Å²) >= 11 is 26.3. The van der Waals surface area contributed by atoms with Crippen molar-refractivity contribution < 1.29 is 0 Å². The zero-order chi connectivity index (χ0) is 17.8. The van der Waals surface area contributed by atoms with Crippen LogP contribution in [0.5, 0.6) is 0 Å². The summed E-state index contributed by atoms with van der Waals surface area (Å²) < 4.78 is 2.05. The highest BCUT2D eigenvalue weighted by Gasteiger charge is 2.15. The van der Waals surface area contributed by atoms with Gasteiger partial charge in [-0.05, 0) is 35.4 Å². The number of imidazole rings is 1. The average molecular weight is 432 g/mol. The number of nitrogens with zero attached hydrogens (tertiary/aromatic N) is 2. The molecule has 0 saturated carbocycles. The van der Waals surface area contributed by atoms with Gasteiger partial charge in [-0.15, -0.1) is 11.8 Å². The van der Waals surface area contributed by atoms with Crippen molar-refractivity contribution in [1.82, 2.24) is 9.55 Å². The normalized spacial score (nSPS) is 12.3. The number of hydrogen-bond donors (Lipinski definition) is 0. The molecule has 0 aliphatic carbocycles. The third kappa shape index (κ3) is 5.08. The van der Waals surface area contributed by atoms with Crippen LogP contribution in [0.2, 0.25) is 20.1 Å². The lowest BCUT2D eigenvalue weighted by Gasteiger charge is -2.19. The van der Waals surface area contributed by atoms with Crippen molar-refractivity contribution in [3.63, 3.8) is 0 Å². The summed E-state index contributed by atoms with van der Waals surface area (Å²) in [5.74, 6) is 0.760. The molecule has 0 saturated heterocycles. The maximum absolute atomic E-state index is 6.30. The quantitative estimate of drug-likeness (QED) is 0.411. The molecule has 0 spiro atoms. The molecule has 3 aromatic rings. The van der Waals surface area contributed by atoms with Crippen LogP contribution in [-0.4, -0.2) is 9.55 Å². The molecule has 0 aliphatic rings. The minimum absolute atomic E-state index is 0.177. The molecule has 0 bridgehead atoms. The summed E-state index contributed by atoms with van der Waals surface area (Å²) in [6.07, 6.45) is 5.52. The van der Waals surface area contributed by atoms with Gasteiger partial charge in [0.1, 0.15) is 0 Å². The van der Waals surface area contributed by atoms with Crippen LogP contribution < -0.4 is 0 Å². The Balaban J connectivity index is 1.81. The van der Waals surface area contributed by atoms with Gasteiger partial charge in [-0.25, -0.2) is 4.98 Å². The van der Waals surface area contributed by atoms with Crippen LogP contribution in [0.4, 0.5) is 0 Å². The number of thioether (sulfide) groups is 1. The first-order chi connectivity index (χ1) is 12.0. The molecule has 0 fully saturated rings. The maximum Gasteiger partial charge on any atom is 0.0946 e. The highest BCUT2D eigenvalue weighted by molar-refractivity contribution is 7.98. The van der Waals surface area contributed by atoms with Gasteiger partial charge in [0.15, 0.2) is 0 Å². The second kappa shape index (κ2) is 8.70. The first kappa shape index (κ1) is 18.9. The largest absolute Gasteiger partial charge is 0.336 e. The third-order valence-corrected chi connectivity index (χ3v) is 6.33. The van der Waals surface area contributed by atoms with Gasteiger partial charge in [-0.3, -0.25) is 0 Å². The Morgan fingerprint density at radius 3 is 2.48 bits per heavy atom. The Hall–Kier alpha value is -0.840. The van der Waals surface area contributed by atoms with E-state index < -0.39 is 0 Å². The van der Waals surface area contributed by atoms with Gasteiger partial charge < -0.3 is 4.57 Å². The molecule has 7 heteroatoms. The van der Waals surface area contributed by atoms with E-state index in [1.807, 2.05) is 41.1 Å². The zero-order valence-corrected chi connectivity index (χ0v) is 16.8. The highest BCUT2D eigenvalue weighted by Crippen LogP contribution is 2.37. The monoisotopic (exact) mass is 430 g/mol. The maximum atomic E-state index is 6.30. The van der Waals surface area contributed by atoms with E-state index in [0.29, 0.717) is 20.1 Å². The topological polar surface area (TPSA) is 17.8 Å². The van der Waals surface area contributed by atoms with Crippen LogP contribution in [0.25, 0.3) is 0 Å². The van der Waals surface area contributed by atoms with Crippen LogP contribution in [0.3, 0.4) is 0 Å². The molecule has 1 unspecified atom stereocenters. The molecule has 25 heavy (non-hydrogen) atoms. The summed E-state index contributed by atoms with van der Waals surface area (Å²) in [5, 5.41) is 2.60. The number of halogens is 4. The fourth-order valence-corrected chi connectivity index (χ4v) is 4.49. The Morgan fingerprint density at radius 1 is 0.960 bits per heavy atom. The Labute approximate surface area is 171 Å². The molecule has 130 valence electrons. The van der Waals surface area contributed by atoms with E-state index in [2.05, 4.69) is 4.98 Å². The predicted molar refractivity (Wildman–Crippen MR) is 109 cm³/mol. The van der Waals surface area contributed by atoms with Crippen molar-refractivity contribution in [3.8, 4) is 0 Å². The van der Waals surface area contributed by atoms with Gasteiger partial charge in [0.2, 0.25) is 0 Å². The van der Waals surface area contributed by atoms with E-state index >= 15 is 0 Å². The average Bonchev–Trinajstić information content (AvgIpc) is 3.08. The molecular formula is C18H14Cl4N2S. The fourth-order valence-electron chi connectivity index (χ4n) is 2.38. The van der Waals surface area contributed by atoms with E-state index in [-0.39, 0.29) is 5.25 Å². The van der Waals surface area contributed by atoms with Crippen molar-refractivity contribution in [2.45, 2.75) is 17.5 Å². The first-order valence-electron chi connectivity index (χ1n) is 7.49. The molecule has 2 nitrogen and oxygen atoms in total. The Morgan fingerprint density at radius 2 is 1.80 bits per heavy atom. The Kier molecular flexibility index (Phi) is 6.59. The van der Waals surface area contributed by atoms with Crippen molar-refractivity contribution in [2.24, 2.45) is 0 Å². The first-order valence-corrected chi connectivity index (χ1v) is 10.0. The van der Waals surface area contributed by atoms with Crippen LogP contribution in [-0.2, 0) is 12.3 Å². The number of aromatic nitrogens is 2. The molecule has 1 aromatic heterocycles. The lowest BCUT2D eigenvalue weighted by Crippen LogP contribution is -2.05. The number of hydrogen-bond acceptors (Lipinski definition) is 2. The number of benzene rings is 2. The second-order valence-electron chi connectivity index (χ2n) is 5.47. The van der Waals surface area contributed by atoms with Crippen LogP contribution in [0.1, 0.15) is 16.4 Å². The second-order valence-corrected chi connectivity index (χ2v) is 8.32. The van der Waals surface area contributed by atoms with E-state index in [4.69, 9.17) is 46.4 Å². The molecule has 3 rings (SSSR count). The molecular weight excluding hydrogens is 418 g/mol. The summed E-state index contributed by atoms with van der Waals surface area (Å²) in [7, 11) is 0. The van der Waals surface area contributed by atoms with E-state index in [1.165, 1.54) is 0 Å². The van der Waals surface area contributed by atoms with Gasteiger partial charge in [-0.1, -0.05) is 58.5 Å². The van der Waals surface area contributed by atoms with Crippen molar-refractivity contribution in [3.05, 3.63) is 86.3 Å². The standard InChI is InChI=1S/C18H14Cl4N2S/c19-14-3-1-13(16(21)8-14)10-25-18(9-24-6-5-23-11-24)12-2-4-15(20)17(22)7-12/h1-8,11,18H,9-10H2. The van der Waals surface area contributed by atoms with E-state index in [1.54, 1.807) is 30.4 Å². The molecule has 1 heterocycles. The lowest BCUT2D eigenvalue weighted by atomic mass is 10.1. The van der Waals surface area contributed by atoms with E-state index in [9.17, 15) is 0 Å². The highest BCUT2D eigenvalue weighted by atomic mass is 35.5. The SMILES string of the molecule is Clc1ccc(CSC(Cn2ccnc2)c2ccc(Cl)c(Cl)c2)c(Cl)c1. The van der Waals surface area contributed by atoms with Gasteiger partial charge >= 0.3 is 0 Å². The zero-order valence-electron chi connectivity index (χ0n) is 13.0. The summed E-state index contributed by atoms with van der Waals surface area (Å²) in [6.45, 7) is 0.772. The molecule has 0 radical (unpaired) electrons. The molecule has 0 aliphatic heterocycles. The molecule has 2 aromatic carbocycles. The van der Waals surface area contributed by atoms with Crippen molar-refractivity contribution in [1.29, 1.82) is 0 Å². The predicted octanol–water partition coefficient (Wildman–Crippen LogP) is 7.17. The fraction of sp³-hybridized carbons (Fsp3) is 0.167. The van der Waals surface area contributed by atoms with Crippen molar-refractivity contribution >= 4 is 58.2 Å². The van der Waals surface area contributed by atoms with Crippen LogP contribution in [0.15, 0.2) is 55.1 Å². The molecule has 1 atom stereocenters. The minimum atomic E-state index is 0.177. The van der Waals surface area contributed by atoms with Crippen molar-refractivity contribution in [2.75, 3.05) is 0 Å². The van der Waals surface area contributed by atoms with Gasteiger partial charge in [0.25, 0.3) is 0 Å². The smallest absolute Gasteiger partial charge is 0.0946 e. The third-order valence-electron chi connectivity index (χ3n) is 3.71. The summed E-state index contributed by atoms with van der Waals surface area (Å²) in [5.41, 5.74) is 2.16. The van der Waals surface area contributed by atoms with Crippen LogP contribution in [0, 0.1) is 0 Å². The lowest BCUT2D eigenvalue weighted by molar-refractivity contribution is 0.683. The number of rotatable bonds is 6. The molecule has 0 N–H and O–H groups in total. The molecule has 0 amide bonds. The van der Waals surface area contributed by atoms with Gasteiger partial charge in [-0.2, -0.15) is 0 Å². The Bertz CT molecular complexity index is 852. The summed E-state index contributed by atoms with van der Waals surface area (Å²) in [6, 6.07) is 11.3. The summed E-state index contributed by atoms with van der Waals surface area (Å²) in [4.78, 5) is 4.11. The van der Waals surface area contributed by atoms with Gasteiger partial charge in [0, 0.05) is 40.0 Å². The van der Waals surface area contributed by atoms with Gasteiger partial charge in [0.05, 0.1) is 16.4 Å². The van der Waals surface area contributed by atoms with Crippen LogP contribution >= 0.6 is 58.2 Å². The van der Waals surface area contributed by atoms with E-state index in [0.717, 1.165) is 23.4 Å². The minimum Gasteiger partial charge on any atom is -0.336 e.